The van der Waals surface area contributed by atoms with Gasteiger partial charge in [-0.3, -0.25) is 4.98 Å². The number of pyridine rings is 1. The molecule has 1 saturated heterocycles. The van der Waals surface area contributed by atoms with Gasteiger partial charge in [0.25, 0.3) is 0 Å². The average molecular weight is 255 g/mol. The first-order chi connectivity index (χ1) is 8.16. The molecule has 2 N–H and O–H groups in total. The fourth-order valence-electron chi connectivity index (χ4n) is 1.91. The summed E-state index contributed by atoms with van der Waals surface area (Å²) in [5.41, 5.74) is 0.756. The highest BCUT2D eigenvalue weighted by Gasteiger charge is 2.17. The molecule has 2 rings (SSSR count). The van der Waals surface area contributed by atoms with Crippen LogP contribution in [0.1, 0.15) is 18.4 Å². The molecular weight excluding hydrogens is 238 g/mol. The number of hydrogen-bond donors (Lipinski definition) is 2. The van der Waals surface area contributed by atoms with Crippen LogP contribution >= 0.6 is 0 Å². The Balaban J connectivity index is 1.86. The number of sulfonamides is 1. The van der Waals surface area contributed by atoms with Crippen LogP contribution in [0, 0.1) is 0 Å². The van der Waals surface area contributed by atoms with E-state index < -0.39 is 10.0 Å². The molecule has 6 heteroatoms. The van der Waals surface area contributed by atoms with Crippen molar-refractivity contribution < 1.29 is 8.42 Å². The number of nitrogens with zero attached hydrogens (tertiary/aromatic N) is 1. The maximum atomic E-state index is 11.8. The summed E-state index contributed by atoms with van der Waals surface area (Å²) in [5.74, 6) is 0.0161. The molecule has 0 saturated carbocycles. The Kier molecular flexibility index (Phi) is 4.09. The van der Waals surface area contributed by atoms with Crippen molar-refractivity contribution in [3.05, 3.63) is 30.1 Å². The van der Waals surface area contributed by atoms with Gasteiger partial charge >= 0.3 is 0 Å². The van der Waals surface area contributed by atoms with Crippen LogP contribution in [-0.4, -0.2) is 32.5 Å². The fraction of sp³-hybridized carbons (Fsp3) is 0.545. The molecule has 17 heavy (non-hydrogen) atoms. The van der Waals surface area contributed by atoms with Gasteiger partial charge in [-0.25, -0.2) is 13.1 Å². The van der Waals surface area contributed by atoms with Gasteiger partial charge in [-0.1, -0.05) is 0 Å². The predicted octanol–water partition coefficient (Wildman–Crippen LogP) is 0.253. The van der Waals surface area contributed by atoms with E-state index in [1.54, 1.807) is 24.5 Å². The van der Waals surface area contributed by atoms with Gasteiger partial charge in [-0.15, -0.1) is 0 Å². The minimum absolute atomic E-state index is 0.0161. The van der Waals surface area contributed by atoms with E-state index in [-0.39, 0.29) is 11.8 Å². The fourth-order valence-corrected chi connectivity index (χ4v) is 3.10. The topological polar surface area (TPSA) is 71.1 Å². The molecule has 1 aromatic heterocycles. The highest BCUT2D eigenvalue weighted by atomic mass is 32.2. The lowest BCUT2D eigenvalue weighted by Gasteiger charge is -2.11. The van der Waals surface area contributed by atoms with Gasteiger partial charge in [0, 0.05) is 25.0 Å². The zero-order chi connectivity index (χ0) is 12.1. The van der Waals surface area contributed by atoms with E-state index in [1.807, 2.05) is 0 Å². The standard InChI is InChI=1S/C11H17N3O2S/c15-17(16,9-10-3-6-12-7-4-10)14-8-11-2-1-5-13-11/h3-4,6-7,11,13-14H,1-2,5,8-9H2. The lowest BCUT2D eigenvalue weighted by Crippen LogP contribution is -2.37. The Morgan fingerprint density at radius 2 is 2.18 bits per heavy atom. The number of hydrogen-bond acceptors (Lipinski definition) is 4. The maximum Gasteiger partial charge on any atom is 0.215 e. The molecule has 1 unspecified atom stereocenters. The molecule has 1 aliphatic rings. The summed E-state index contributed by atoms with van der Waals surface area (Å²) in [7, 11) is -3.24. The van der Waals surface area contributed by atoms with Crippen LogP contribution in [0.5, 0.6) is 0 Å². The van der Waals surface area contributed by atoms with Gasteiger partial charge < -0.3 is 5.32 Å². The van der Waals surface area contributed by atoms with E-state index >= 15 is 0 Å². The molecule has 0 amide bonds. The molecule has 1 fully saturated rings. The molecule has 1 aliphatic heterocycles. The summed E-state index contributed by atoms with van der Waals surface area (Å²) < 4.78 is 26.2. The summed E-state index contributed by atoms with van der Waals surface area (Å²) in [4.78, 5) is 3.86. The average Bonchev–Trinajstić information content (AvgIpc) is 2.80. The minimum Gasteiger partial charge on any atom is -0.313 e. The Labute approximate surface area is 102 Å². The van der Waals surface area contributed by atoms with E-state index in [9.17, 15) is 8.42 Å². The summed E-state index contributed by atoms with van der Waals surface area (Å²) in [6.07, 6.45) is 5.36. The van der Waals surface area contributed by atoms with E-state index in [2.05, 4.69) is 15.0 Å². The van der Waals surface area contributed by atoms with Crippen molar-refractivity contribution in [1.82, 2.24) is 15.0 Å². The SMILES string of the molecule is O=S(=O)(Cc1ccncc1)NCC1CCCN1. The third kappa shape index (κ3) is 4.07. The highest BCUT2D eigenvalue weighted by molar-refractivity contribution is 7.88. The predicted molar refractivity (Wildman–Crippen MR) is 65.9 cm³/mol. The first-order valence-electron chi connectivity index (χ1n) is 5.75. The van der Waals surface area contributed by atoms with Gasteiger partial charge in [-0.2, -0.15) is 0 Å². The third-order valence-electron chi connectivity index (χ3n) is 2.82. The Morgan fingerprint density at radius 1 is 1.41 bits per heavy atom. The Hall–Kier alpha value is -0.980. The summed E-state index contributed by atoms with van der Waals surface area (Å²) in [6.45, 7) is 1.46. The number of aromatic nitrogens is 1. The van der Waals surface area contributed by atoms with E-state index in [1.165, 1.54) is 0 Å². The second-order valence-electron chi connectivity index (χ2n) is 4.26. The van der Waals surface area contributed by atoms with E-state index in [0.717, 1.165) is 24.9 Å². The molecule has 5 nitrogen and oxygen atoms in total. The minimum atomic E-state index is -3.24. The molecule has 94 valence electrons. The normalized spacial score (nSPS) is 20.6. The van der Waals surface area contributed by atoms with Crippen LogP contribution in [-0.2, 0) is 15.8 Å². The van der Waals surface area contributed by atoms with Crippen LogP contribution in [0.3, 0.4) is 0 Å². The quantitative estimate of drug-likeness (QED) is 0.791. The zero-order valence-electron chi connectivity index (χ0n) is 9.59. The smallest absolute Gasteiger partial charge is 0.215 e. The summed E-state index contributed by atoms with van der Waals surface area (Å²) in [6, 6.07) is 3.71. The van der Waals surface area contributed by atoms with Gasteiger partial charge in [-0.05, 0) is 37.1 Å². The van der Waals surface area contributed by atoms with Crippen LogP contribution < -0.4 is 10.0 Å². The van der Waals surface area contributed by atoms with Gasteiger partial charge in [0.05, 0.1) is 5.75 Å². The highest BCUT2D eigenvalue weighted by Crippen LogP contribution is 2.06. The van der Waals surface area contributed by atoms with Crippen molar-refractivity contribution in [1.29, 1.82) is 0 Å². The number of rotatable bonds is 5. The van der Waals surface area contributed by atoms with Gasteiger partial charge in [0.1, 0.15) is 0 Å². The van der Waals surface area contributed by atoms with Crippen LogP contribution in [0.25, 0.3) is 0 Å². The molecule has 1 aromatic rings. The molecule has 0 aliphatic carbocycles. The molecule has 0 aromatic carbocycles. The van der Waals surface area contributed by atoms with Crippen LogP contribution in [0.15, 0.2) is 24.5 Å². The molecule has 0 radical (unpaired) electrons. The Bertz CT molecular complexity index is 441. The van der Waals surface area contributed by atoms with Gasteiger partial charge in [0.2, 0.25) is 10.0 Å². The molecule has 2 heterocycles. The summed E-state index contributed by atoms with van der Waals surface area (Å²) >= 11 is 0. The van der Waals surface area contributed by atoms with Crippen molar-refractivity contribution in [2.75, 3.05) is 13.1 Å². The Morgan fingerprint density at radius 3 is 2.82 bits per heavy atom. The van der Waals surface area contributed by atoms with Crippen molar-refractivity contribution in [3.63, 3.8) is 0 Å². The lowest BCUT2D eigenvalue weighted by atomic mass is 10.2. The monoisotopic (exact) mass is 255 g/mol. The number of nitrogens with one attached hydrogen (secondary N) is 2. The van der Waals surface area contributed by atoms with Crippen molar-refractivity contribution in [2.45, 2.75) is 24.6 Å². The van der Waals surface area contributed by atoms with E-state index in [0.29, 0.717) is 6.54 Å². The van der Waals surface area contributed by atoms with Crippen LogP contribution in [0.2, 0.25) is 0 Å². The third-order valence-corrected chi connectivity index (χ3v) is 4.14. The van der Waals surface area contributed by atoms with Crippen LogP contribution in [0.4, 0.5) is 0 Å². The van der Waals surface area contributed by atoms with Crippen molar-refractivity contribution in [2.24, 2.45) is 0 Å². The lowest BCUT2D eigenvalue weighted by molar-refractivity contribution is 0.551. The van der Waals surface area contributed by atoms with Crippen molar-refractivity contribution in [3.8, 4) is 0 Å². The summed E-state index contributed by atoms with van der Waals surface area (Å²) in [5, 5.41) is 3.26. The zero-order valence-corrected chi connectivity index (χ0v) is 10.4. The largest absolute Gasteiger partial charge is 0.313 e. The van der Waals surface area contributed by atoms with E-state index in [4.69, 9.17) is 0 Å². The maximum absolute atomic E-state index is 11.8. The molecule has 0 spiro atoms. The second kappa shape index (κ2) is 5.57. The molecule has 1 atom stereocenters. The first-order valence-corrected chi connectivity index (χ1v) is 7.40. The van der Waals surface area contributed by atoms with Gasteiger partial charge in [0.15, 0.2) is 0 Å². The molecular formula is C11H17N3O2S. The second-order valence-corrected chi connectivity index (χ2v) is 6.06. The molecule has 0 bridgehead atoms. The van der Waals surface area contributed by atoms with Crippen molar-refractivity contribution >= 4 is 10.0 Å². The first kappa shape index (κ1) is 12.5.